The zero-order valence-corrected chi connectivity index (χ0v) is 45.8. The smallest absolute Gasteiger partial charge is 0.311 e. The summed E-state index contributed by atoms with van der Waals surface area (Å²) in [4.78, 5) is 30.5. The predicted molar refractivity (Wildman–Crippen MR) is 308 cm³/mol. The van der Waals surface area contributed by atoms with Crippen molar-refractivity contribution in [2.45, 2.75) is 41.5 Å². The third-order valence-corrected chi connectivity index (χ3v) is 16.3. The van der Waals surface area contributed by atoms with Gasteiger partial charge in [0.1, 0.15) is 51.8 Å². The normalized spacial score (nSPS) is 14.5. The molecule has 0 spiro atoms. The first-order valence-electron chi connectivity index (χ1n) is 25.0. The number of nitrogens with zero attached hydrogens (tertiary/aromatic N) is 3. The van der Waals surface area contributed by atoms with E-state index in [1.54, 1.807) is 66.7 Å². The third kappa shape index (κ3) is 13.4. The van der Waals surface area contributed by atoms with Crippen LogP contribution in [-0.2, 0) is 9.13 Å². The Morgan fingerprint density at radius 1 is 0.412 bits per heavy atom. The minimum atomic E-state index is -3.84. The number of phenolic OH excluding ortho intramolecular Hbond substituents is 2. The van der Waals surface area contributed by atoms with Gasteiger partial charge in [-0.3, -0.25) is 39.5 Å². The molecule has 20 heteroatoms. The van der Waals surface area contributed by atoms with E-state index in [1.165, 1.54) is 66.7 Å². The first kappa shape index (κ1) is 59.6. The van der Waals surface area contributed by atoms with Crippen molar-refractivity contribution in [1.29, 1.82) is 0 Å². The van der Waals surface area contributed by atoms with E-state index < -0.39 is 35.3 Å². The molecule has 0 fully saturated rings. The van der Waals surface area contributed by atoms with Crippen LogP contribution in [0.2, 0.25) is 0 Å². The highest BCUT2D eigenvalue weighted by Gasteiger charge is 2.41. The number of halogens is 1. The minimum absolute atomic E-state index is 0.0760. The van der Waals surface area contributed by atoms with Crippen molar-refractivity contribution < 1.29 is 57.0 Å². The van der Waals surface area contributed by atoms with Gasteiger partial charge < -0.3 is 28.7 Å². The lowest BCUT2D eigenvalue weighted by Crippen LogP contribution is -2.26. The van der Waals surface area contributed by atoms with Crippen LogP contribution in [0, 0.1) is 36.2 Å². The molecule has 2 aliphatic rings. The standard InChI is InChI=1S/C30H19N2O8P.C18H13O4P.C6H4FNO2.3C2H6/c33-31(34)20-9-13-22(14-10-20)38-24-17-18-28(39-23-15-11-21(12-16-23)32(35)36)30(19-24)41(37)29-8-4-2-6-26(29)25-5-1-3-7-27(25)40-41;19-12-9-10-15(20)18(11-12)23(21)17-8-4-2-6-14(17)13-5-1-3-7-16(13)22-23;7-5-1-3-6(4-2-5)8(9)10;3*1-2/h1-19H;1-11,19-20H;1-4H;3*1-2H3. The number of nitro benzene ring substituents is 3. The second-order valence-electron chi connectivity index (χ2n) is 16.1. The molecule has 2 N–H and O–H groups in total. The summed E-state index contributed by atoms with van der Waals surface area (Å²) in [6.45, 7) is 12.0. The van der Waals surface area contributed by atoms with Crippen LogP contribution in [0.4, 0.5) is 21.5 Å². The van der Waals surface area contributed by atoms with Crippen molar-refractivity contribution in [2.24, 2.45) is 0 Å². The van der Waals surface area contributed by atoms with Gasteiger partial charge in [0, 0.05) is 47.5 Å². The molecule has 410 valence electrons. The number of rotatable bonds is 9. The number of aromatic hydroxyl groups is 2. The van der Waals surface area contributed by atoms with Crippen molar-refractivity contribution in [3.8, 4) is 68.2 Å². The number of benzene rings is 9. The summed E-state index contributed by atoms with van der Waals surface area (Å²) in [5.74, 6) is 1.35. The number of non-ortho nitro benzene ring substituents is 3. The molecule has 9 aromatic rings. The first-order chi connectivity index (χ1) is 38.6. The summed E-state index contributed by atoms with van der Waals surface area (Å²) in [6.07, 6.45) is 0. The van der Waals surface area contributed by atoms with Crippen LogP contribution in [0.3, 0.4) is 0 Å². The summed E-state index contributed by atoms with van der Waals surface area (Å²) in [5.41, 5.74) is 2.93. The lowest BCUT2D eigenvalue weighted by molar-refractivity contribution is -0.385. The Kier molecular flexibility index (Phi) is 20.2. The van der Waals surface area contributed by atoms with E-state index in [1.807, 2.05) is 90.1 Å². The number of hydrogen-bond donors (Lipinski definition) is 2. The number of hydrogen-bond acceptors (Lipinski definition) is 14. The summed E-state index contributed by atoms with van der Waals surface area (Å²) < 4.78 is 65.0. The van der Waals surface area contributed by atoms with E-state index in [0.717, 1.165) is 46.5 Å². The van der Waals surface area contributed by atoms with Gasteiger partial charge in [0.05, 0.1) is 36.0 Å². The Balaban J connectivity index is 0.000000221. The molecule has 0 radical (unpaired) electrons. The fraction of sp³-hybridized carbons (Fsp3) is 0.100. The monoisotopic (exact) mass is 1120 g/mol. The number of para-hydroxylation sites is 2. The van der Waals surface area contributed by atoms with Crippen LogP contribution < -0.4 is 39.7 Å². The molecule has 0 amide bonds. The molecule has 2 heterocycles. The van der Waals surface area contributed by atoms with Crippen molar-refractivity contribution in [1.82, 2.24) is 0 Å². The topological polar surface area (TPSA) is 241 Å². The van der Waals surface area contributed by atoms with E-state index in [9.17, 15) is 54.1 Å². The lowest BCUT2D eigenvalue weighted by Gasteiger charge is -2.30. The molecule has 0 saturated heterocycles. The van der Waals surface area contributed by atoms with Gasteiger partial charge >= 0.3 is 14.7 Å². The zero-order chi connectivity index (χ0) is 58.1. The average molecular weight is 1120 g/mol. The van der Waals surface area contributed by atoms with Gasteiger partial charge in [-0.15, -0.1) is 0 Å². The maximum absolute atomic E-state index is 15.0. The van der Waals surface area contributed by atoms with E-state index in [2.05, 4.69) is 0 Å². The third-order valence-electron chi connectivity index (χ3n) is 11.4. The summed E-state index contributed by atoms with van der Waals surface area (Å²) >= 11 is 0. The van der Waals surface area contributed by atoms with Crippen LogP contribution in [-0.4, -0.2) is 25.0 Å². The predicted octanol–water partition coefficient (Wildman–Crippen LogP) is 15.6. The van der Waals surface area contributed by atoms with Crippen molar-refractivity contribution in [3.63, 3.8) is 0 Å². The molecule has 0 aliphatic carbocycles. The Bertz CT molecular complexity index is 3730. The molecule has 0 aromatic heterocycles. The van der Waals surface area contributed by atoms with Crippen LogP contribution in [0.15, 0.2) is 206 Å². The molecule has 11 rings (SSSR count). The Hall–Kier alpha value is -9.63. The van der Waals surface area contributed by atoms with Crippen molar-refractivity contribution >= 4 is 53.0 Å². The number of ether oxygens (including phenoxy) is 2. The van der Waals surface area contributed by atoms with Crippen LogP contribution in [0.25, 0.3) is 22.3 Å². The summed E-state index contributed by atoms with van der Waals surface area (Å²) in [6, 6.07) is 53.2. The molecule has 0 bridgehead atoms. The number of fused-ring (bicyclic) bond motifs is 6. The molecule has 0 saturated carbocycles. The van der Waals surface area contributed by atoms with Crippen molar-refractivity contribution in [2.75, 3.05) is 0 Å². The molecule has 2 unspecified atom stereocenters. The van der Waals surface area contributed by atoms with E-state index in [0.29, 0.717) is 33.6 Å². The second kappa shape index (κ2) is 27.1. The highest BCUT2D eigenvalue weighted by Crippen LogP contribution is 2.57. The van der Waals surface area contributed by atoms with Crippen LogP contribution in [0.1, 0.15) is 41.5 Å². The molecular weight excluding hydrogens is 1070 g/mol. The average Bonchev–Trinajstić information content (AvgIpc) is 3.68. The quantitative estimate of drug-likeness (QED) is 0.0591. The van der Waals surface area contributed by atoms with Gasteiger partial charge in [-0.2, -0.15) is 0 Å². The van der Waals surface area contributed by atoms with E-state index in [-0.39, 0.29) is 50.7 Å². The highest BCUT2D eigenvalue weighted by molar-refractivity contribution is 7.75. The van der Waals surface area contributed by atoms with Gasteiger partial charge in [-0.05, 0) is 108 Å². The highest BCUT2D eigenvalue weighted by atomic mass is 31.2. The first-order valence-corrected chi connectivity index (χ1v) is 28.3. The van der Waals surface area contributed by atoms with Gasteiger partial charge in [-0.1, -0.05) is 114 Å². The van der Waals surface area contributed by atoms with Crippen LogP contribution in [0.5, 0.6) is 46.0 Å². The number of nitro groups is 3. The summed E-state index contributed by atoms with van der Waals surface area (Å²) in [5, 5.41) is 53.3. The lowest BCUT2D eigenvalue weighted by atomic mass is 10.0. The maximum Gasteiger partial charge on any atom is 0.311 e. The fourth-order valence-corrected chi connectivity index (χ4v) is 12.7. The van der Waals surface area contributed by atoms with Gasteiger partial charge in [0.25, 0.3) is 17.1 Å². The van der Waals surface area contributed by atoms with Gasteiger partial charge in [0.2, 0.25) is 0 Å². The maximum atomic E-state index is 15.0. The minimum Gasteiger partial charge on any atom is -0.508 e. The SMILES string of the molecule is CC.CC.CC.O=P1(c2cc(O)ccc2O)Oc2ccccc2-c2ccccc21.O=[N+]([O-])c1ccc(F)cc1.O=[N+]([O-])c1ccc(Oc2ccc(Oc3ccc([N+](=O)[O-])cc3)c(P3(=O)Oc4ccccc4-c4ccccc43)c2)cc1. The van der Waals surface area contributed by atoms with Gasteiger partial charge in [-0.25, -0.2) is 4.39 Å². The van der Waals surface area contributed by atoms with Crippen molar-refractivity contribution in [3.05, 3.63) is 242 Å². The second-order valence-corrected chi connectivity index (χ2v) is 20.6. The molecule has 9 aromatic carbocycles. The van der Waals surface area contributed by atoms with E-state index >= 15 is 0 Å². The van der Waals surface area contributed by atoms with Crippen LogP contribution >= 0.6 is 14.7 Å². The largest absolute Gasteiger partial charge is 0.508 e. The Labute approximate surface area is 460 Å². The Morgan fingerprint density at radius 3 is 1.24 bits per heavy atom. The molecular formula is C60H54FN3O14P2. The number of phenols is 2. The molecule has 80 heavy (non-hydrogen) atoms. The van der Waals surface area contributed by atoms with Gasteiger partial charge in [0.15, 0.2) is 0 Å². The Morgan fingerprint density at radius 2 is 0.787 bits per heavy atom. The molecule has 2 atom stereocenters. The van der Waals surface area contributed by atoms with E-state index in [4.69, 9.17) is 18.5 Å². The molecule has 17 nitrogen and oxygen atoms in total. The zero-order valence-electron chi connectivity index (χ0n) is 44.0. The summed E-state index contributed by atoms with van der Waals surface area (Å²) in [7, 11) is -7.41. The molecule has 2 aliphatic heterocycles. The fourth-order valence-electron chi connectivity index (χ4n) is 7.91.